The average Bonchev–Trinajstić information content (AvgIpc) is 2.36. The molecule has 0 unspecified atom stereocenters. The van der Waals surface area contributed by atoms with Crippen LogP contribution in [0.3, 0.4) is 0 Å². The molecule has 0 aromatic heterocycles. The predicted molar refractivity (Wildman–Crippen MR) is 59.2 cm³/mol. The first-order valence-corrected chi connectivity index (χ1v) is 4.90. The van der Waals surface area contributed by atoms with Crippen LogP contribution in [0.1, 0.15) is 33.2 Å². The summed E-state index contributed by atoms with van der Waals surface area (Å²) in [6, 6.07) is 3.80. The number of nitro groups is 1. The molecule has 0 radical (unpaired) electrons. The predicted octanol–water partition coefficient (Wildman–Crippen LogP) is 1.46. The van der Waals surface area contributed by atoms with Gasteiger partial charge in [-0.1, -0.05) is 0 Å². The molecule has 0 aliphatic rings. The summed E-state index contributed by atoms with van der Waals surface area (Å²) in [6.45, 7) is 1.57. The van der Waals surface area contributed by atoms with Crippen molar-refractivity contribution in [2.45, 2.75) is 6.92 Å². The van der Waals surface area contributed by atoms with Crippen LogP contribution in [-0.4, -0.2) is 23.8 Å². The number of nitriles is 1. The fraction of sp³-hybridized carbons (Fsp3) is 0.182. The molecule has 0 saturated carbocycles. The Morgan fingerprint density at radius 3 is 2.72 bits per heavy atom. The van der Waals surface area contributed by atoms with Gasteiger partial charge in [0.2, 0.25) is 0 Å². The Hall–Kier alpha value is -2.75. The van der Waals surface area contributed by atoms with Crippen LogP contribution < -0.4 is 0 Å². The van der Waals surface area contributed by atoms with Crippen molar-refractivity contribution in [1.29, 1.82) is 5.26 Å². The smallest absolute Gasteiger partial charge is 0.345 e. The van der Waals surface area contributed by atoms with Gasteiger partial charge in [-0.25, -0.2) is 4.79 Å². The van der Waals surface area contributed by atoms with Crippen molar-refractivity contribution in [3.8, 4) is 6.07 Å². The van der Waals surface area contributed by atoms with Crippen molar-refractivity contribution in [2.24, 2.45) is 0 Å². The summed E-state index contributed by atoms with van der Waals surface area (Å²) in [6.07, 6.45) is 0.224. The van der Waals surface area contributed by atoms with Crippen molar-refractivity contribution in [2.75, 3.05) is 6.61 Å². The van der Waals surface area contributed by atoms with Crippen LogP contribution in [0.4, 0.5) is 5.69 Å². The fourth-order valence-electron chi connectivity index (χ4n) is 1.38. The highest BCUT2D eigenvalue weighted by molar-refractivity contribution is 5.99. The highest BCUT2D eigenvalue weighted by atomic mass is 16.6. The van der Waals surface area contributed by atoms with Crippen molar-refractivity contribution in [1.82, 2.24) is 0 Å². The van der Waals surface area contributed by atoms with Crippen LogP contribution in [0.2, 0.25) is 0 Å². The van der Waals surface area contributed by atoms with Gasteiger partial charge in [0.1, 0.15) is 5.56 Å². The van der Waals surface area contributed by atoms with Gasteiger partial charge in [0.05, 0.1) is 28.7 Å². The van der Waals surface area contributed by atoms with Gasteiger partial charge in [-0.2, -0.15) is 5.26 Å². The van der Waals surface area contributed by atoms with Gasteiger partial charge in [0.15, 0.2) is 6.29 Å². The molecule has 7 nitrogen and oxygen atoms in total. The number of rotatable bonds is 4. The minimum Gasteiger partial charge on any atom is -0.462 e. The molecule has 18 heavy (non-hydrogen) atoms. The van der Waals surface area contributed by atoms with Gasteiger partial charge in [-0.15, -0.1) is 0 Å². The number of hydrogen-bond acceptors (Lipinski definition) is 6. The molecule has 0 fully saturated rings. The van der Waals surface area contributed by atoms with E-state index in [1.54, 1.807) is 13.0 Å². The number of benzene rings is 1. The maximum Gasteiger partial charge on any atom is 0.345 e. The molecule has 0 bridgehead atoms. The largest absolute Gasteiger partial charge is 0.462 e. The van der Waals surface area contributed by atoms with E-state index in [9.17, 15) is 19.7 Å². The van der Waals surface area contributed by atoms with Crippen LogP contribution in [-0.2, 0) is 4.74 Å². The monoisotopic (exact) mass is 248 g/mol. The number of nitro benzene ring substituents is 1. The topological polar surface area (TPSA) is 110 Å². The molecule has 7 heteroatoms. The minimum atomic E-state index is -0.940. The maximum absolute atomic E-state index is 11.6. The molecule has 1 aromatic carbocycles. The molecule has 0 aliphatic heterocycles. The lowest BCUT2D eigenvalue weighted by atomic mass is 10.0. The standard InChI is InChI=1S/C11H8N2O5/c1-2-18-11(15)9-4-7(5-12)3-8(6-14)10(9)13(16)17/h3-4,6H,2H2,1H3. The maximum atomic E-state index is 11.6. The quantitative estimate of drug-likeness (QED) is 0.345. The number of nitrogens with zero attached hydrogens (tertiary/aromatic N) is 2. The zero-order valence-corrected chi connectivity index (χ0v) is 9.37. The second kappa shape index (κ2) is 5.54. The molecule has 1 aromatic rings. The third-order valence-electron chi connectivity index (χ3n) is 2.07. The highest BCUT2D eigenvalue weighted by Gasteiger charge is 2.26. The summed E-state index contributed by atoms with van der Waals surface area (Å²) in [4.78, 5) is 32.3. The molecule has 0 aliphatic carbocycles. The summed E-state index contributed by atoms with van der Waals surface area (Å²) in [5.41, 5.74) is -1.40. The van der Waals surface area contributed by atoms with Gasteiger partial charge < -0.3 is 4.74 Å². The Bertz CT molecular complexity index is 559. The van der Waals surface area contributed by atoms with E-state index in [2.05, 4.69) is 4.74 Å². The average molecular weight is 248 g/mol. The van der Waals surface area contributed by atoms with Crippen LogP contribution in [0.15, 0.2) is 12.1 Å². The van der Waals surface area contributed by atoms with Crippen LogP contribution in [0.5, 0.6) is 0 Å². The van der Waals surface area contributed by atoms with Crippen LogP contribution >= 0.6 is 0 Å². The molecule has 0 atom stereocenters. The van der Waals surface area contributed by atoms with Gasteiger partial charge in [-0.05, 0) is 19.1 Å². The van der Waals surface area contributed by atoms with E-state index in [-0.39, 0.29) is 24.0 Å². The van der Waals surface area contributed by atoms with Crippen molar-refractivity contribution in [3.05, 3.63) is 38.9 Å². The normalized spacial score (nSPS) is 9.33. The summed E-state index contributed by atoms with van der Waals surface area (Å²) in [5.74, 6) is -0.940. The molecule has 0 spiro atoms. The van der Waals surface area contributed by atoms with E-state index in [4.69, 9.17) is 5.26 Å². The first kappa shape index (κ1) is 13.3. The van der Waals surface area contributed by atoms with Crippen LogP contribution in [0, 0.1) is 21.4 Å². The van der Waals surface area contributed by atoms with Crippen LogP contribution in [0.25, 0.3) is 0 Å². The zero-order chi connectivity index (χ0) is 13.7. The number of carbonyl (C=O) groups is 2. The van der Waals surface area contributed by atoms with Gasteiger partial charge >= 0.3 is 5.97 Å². The van der Waals surface area contributed by atoms with E-state index < -0.39 is 22.1 Å². The summed E-state index contributed by atoms with van der Waals surface area (Å²) < 4.78 is 4.65. The third-order valence-corrected chi connectivity index (χ3v) is 2.07. The highest BCUT2D eigenvalue weighted by Crippen LogP contribution is 2.25. The Morgan fingerprint density at radius 1 is 1.61 bits per heavy atom. The van der Waals surface area contributed by atoms with E-state index in [1.165, 1.54) is 0 Å². The molecule has 0 saturated heterocycles. The Labute approximate surface area is 102 Å². The zero-order valence-electron chi connectivity index (χ0n) is 9.37. The Morgan fingerprint density at radius 2 is 2.28 bits per heavy atom. The number of esters is 1. The molecule has 1 rings (SSSR count). The lowest BCUT2D eigenvalue weighted by Gasteiger charge is -2.05. The lowest BCUT2D eigenvalue weighted by Crippen LogP contribution is -2.10. The van der Waals surface area contributed by atoms with Gasteiger partial charge in [0.25, 0.3) is 5.69 Å². The van der Waals surface area contributed by atoms with E-state index in [1.807, 2.05) is 0 Å². The number of aldehydes is 1. The Balaban J connectivity index is 3.55. The molecule has 0 amide bonds. The molecular formula is C11H8N2O5. The second-order valence-corrected chi connectivity index (χ2v) is 3.17. The SMILES string of the molecule is CCOC(=O)c1cc(C#N)cc(C=O)c1[N+](=O)[O-]. The Kier molecular flexibility index (Phi) is 4.10. The van der Waals surface area contributed by atoms with Gasteiger partial charge in [0, 0.05) is 0 Å². The van der Waals surface area contributed by atoms with Crippen molar-refractivity contribution in [3.63, 3.8) is 0 Å². The van der Waals surface area contributed by atoms with Crippen molar-refractivity contribution >= 4 is 17.9 Å². The number of carbonyl (C=O) groups excluding carboxylic acids is 2. The summed E-state index contributed by atoms with van der Waals surface area (Å²) in [5, 5.41) is 19.6. The number of ether oxygens (including phenoxy) is 1. The van der Waals surface area contributed by atoms with E-state index in [0.717, 1.165) is 12.1 Å². The summed E-state index contributed by atoms with van der Waals surface area (Å²) >= 11 is 0. The molecule has 0 N–H and O–H groups in total. The van der Waals surface area contributed by atoms with E-state index >= 15 is 0 Å². The lowest BCUT2D eigenvalue weighted by molar-refractivity contribution is -0.385. The molecule has 0 heterocycles. The minimum absolute atomic E-state index is 0.0225. The van der Waals surface area contributed by atoms with E-state index in [0.29, 0.717) is 0 Å². The second-order valence-electron chi connectivity index (χ2n) is 3.17. The fourth-order valence-corrected chi connectivity index (χ4v) is 1.38. The van der Waals surface area contributed by atoms with Crippen molar-refractivity contribution < 1.29 is 19.2 Å². The molecular weight excluding hydrogens is 240 g/mol. The third kappa shape index (κ3) is 2.49. The first-order valence-electron chi connectivity index (χ1n) is 4.90. The van der Waals surface area contributed by atoms with Gasteiger partial charge in [-0.3, -0.25) is 14.9 Å². The first-order chi connectivity index (χ1) is 8.54. The summed E-state index contributed by atoms with van der Waals surface area (Å²) in [7, 11) is 0. The number of hydrogen-bond donors (Lipinski definition) is 0. The molecule has 92 valence electrons.